The van der Waals surface area contributed by atoms with Gasteiger partial charge in [-0.05, 0) is 31.9 Å². The lowest BCUT2D eigenvalue weighted by Gasteiger charge is -2.17. The second-order valence-electron chi connectivity index (χ2n) is 4.56. The molecule has 6 nitrogen and oxygen atoms in total. The molecule has 0 bridgehead atoms. The number of hydrogen-bond donors (Lipinski definition) is 2. The van der Waals surface area contributed by atoms with Gasteiger partial charge in [-0.3, -0.25) is 4.79 Å². The van der Waals surface area contributed by atoms with E-state index in [1.165, 1.54) is 0 Å². The fourth-order valence-corrected chi connectivity index (χ4v) is 2.87. The van der Waals surface area contributed by atoms with Crippen molar-refractivity contribution in [1.82, 2.24) is 4.72 Å². The van der Waals surface area contributed by atoms with Crippen molar-refractivity contribution in [2.75, 3.05) is 7.11 Å². The summed E-state index contributed by atoms with van der Waals surface area (Å²) >= 11 is 0. The lowest BCUT2D eigenvalue weighted by molar-refractivity contribution is -0.136. The van der Waals surface area contributed by atoms with Crippen molar-refractivity contribution in [3.8, 4) is 5.75 Å². The number of sulfonamides is 1. The fourth-order valence-electron chi connectivity index (χ4n) is 1.76. The molecule has 112 valence electrons. The second-order valence-corrected chi connectivity index (χ2v) is 6.59. The number of methoxy groups -OCH3 is 1. The zero-order valence-corrected chi connectivity index (χ0v) is 12.5. The third-order valence-electron chi connectivity index (χ3n) is 2.90. The number of para-hydroxylation sites is 1. The van der Waals surface area contributed by atoms with Gasteiger partial charge in [-0.15, -0.1) is 0 Å². The first-order chi connectivity index (χ1) is 9.27. The van der Waals surface area contributed by atoms with Crippen LogP contribution < -0.4 is 9.46 Å². The van der Waals surface area contributed by atoms with Gasteiger partial charge in [0.25, 0.3) is 0 Å². The molecule has 1 rings (SSSR count). The number of rotatable bonds is 7. The standard InChI is InChI=1S/C13H19NO5S/c1-9(14-20(17,18)10(2)13(15)16)8-11-6-4-5-7-12(11)19-3/h4-7,9-10,14H,8H2,1-3H3,(H,15,16). The third-order valence-corrected chi connectivity index (χ3v) is 4.76. The minimum absolute atomic E-state index is 0.412. The van der Waals surface area contributed by atoms with Crippen LogP contribution in [0.2, 0.25) is 0 Å². The van der Waals surface area contributed by atoms with Crippen molar-refractivity contribution in [3.05, 3.63) is 29.8 Å². The van der Waals surface area contributed by atoms with Gasteiger partial charge in [0.05, 0.1) is 7.11 Å². The molecular formula is C13H19NO5S. The lowest BCUT2D eigenvalue weighted by atomic mass is 10.1. The Bertz CT molecular complexity index is 570. The Morgan fingerprint density at radius 3 is 2.50 bits per heavy atom. The highest BCUT2D eigenvalue weighted by Crippen LogP contribution is 2.19. The van der Waals surface area contributed by atoms with Crippen LogP contribution in [-0.4, -0.2) is 37.9 Å². The van der Waals surface area contributed by atoms with Gasteiger partial charge < -0.3 is 9.84 Å². The first-order valence-corrected chi connectivity index (χ1v) is 7.68. The molecule has 7 heteroatoms. The zero-order chi connectivity index (χ0) is 15.3. The molecule has 2 N–H and O–H groups in total. The Balaban J connectivity index is 2.78. The maximum absolute atomic E-state index is 11.8. The molecule has 2 atom stereocenters. The molecule has 0 fully saturated rings. The maximum Gasteiger partial charge on any atom is 0.323 e. The Hall–Kier alpha value is -1.60. The van der Waals surface area contributed by atoms with Crippen LogP contribution >= 0.6 is 0 Å². The number of carbonyl (C=O) groups is 1. The molecule has 0 spiro atoms. The summed E-state index contributed by atoms with van der Waals surface area (Å²) in [7, 11) is -2.35. The van der Waals surface area contributed by atoms with Crippen molar-refractivity contribution in [2.24, 2.45) is 0 Å². The van der Waals surface area contributed by atoms with E-state index in [4.69, 9.17) is 9.84 Å². The van der Waals surface area contributed by atoms with E-state index in [-0.39, 0.29) is 0 Å². The SMILES string of the molecule is COc1ccccc1CC(C)NS(=O)(=O)C(C)C(=O)O. The molecular weight excluding hydrogens is 282 g/mol. The number of benzene rings is 1. The predicted octanol–water partition coefficient (Wildman–Crippen LogP) is 1.02. The summed E-state index contributed by atoms with van der Waals surface area (Å²) in [6.45, 7) is 2.82. The van der Waals surface area contributed by atoms with E-state index in [2.05, 4.69) is 4.72 Å². The summed E-state index contributed by atoms with van der Waals surface area (Å²) in [5, 5.41) is 7.28. The van der Waals surface area contributed by atoms with E-state index in [0.29, 0.717) is 12.2 Å². The average molecular weight is 301 g/mol. The number of aliphatic carboxylic acids is 1. The number of carboxylic acids is 1. The lowest BCUT2D eigenvalue weighted by Crippen LogP contribution is -2.42. The molecule has 0 aliphatic heterocycles. The van der Waals surface area contributed by atoms with Crippen LogP contribution in [0.15, 0.2) is 24.3 Å². The van der Waals surface area contributed by atoms with Crippen LogP contribution in [-0.2, 0) is 21.2 Å². The van der Waals surface area contributed by atoms with E-state index in [9.17, 15) is 13.2 Å². The van der Waals surface area contributed by atoms with Gasteiger partial charge in [0.15, 0.2) is 5.25 Å². The molecule has 0 aromatic heterocycles. The molecule has 0 aliphatic carbocycles. The van der Waals surface area contributed by atoms with Crippen molar-refractivity contribution < 1.29 is 23.1 Å². The van der Waals surface area contributed by atoms with Gasteiger partial charge in [-0.2, -0.15) is 0 Å². The monoisotopic (exact) mass is 301 g/mol. The molecule has 20 heavy (non-hydrogen) atoms. The Labute approximate surface area is 118 Å². The van der Waals surface area contributed by atoms with E-state index >= 15 is 0 Å². The van der Waals surface area contributed by atoms with E-state index in [1.807, 2.05) is 18.2 Å². The van der Waals surface area contributed by atoms with Crippen molar-refractivity contribution in [3.63, 3.8) is 0 Å². The van der Waals surface area contributed by atoms with E-state index in [0.717, 1.165) is 12.5 Å². The van der Waals surface area contributed by atoms with Crippen LogP contribution in [0.3, 0.4) is 0 Å². The van der Waals surface area contributed by atoms with Gasteiger partial charge in [0.2, 0.25) is 10.0 Å². The van der Waals surface area contributed by atoms with Crippen molar-refractivity contribution >= 4 is 16.0 Å². The van der Waals surface area contributed by atoms with Crippen LogP contribution in [0.5, 0.6) is 5.75 Å². The largest absolute Gasteiger partial charge is 0.496 e. The summed E-state index contributed by atoms with van der Waals surface area (Å²) in [5.74, 6) is -0.702. The maximum atomic E-state index is 11.8. The molecule has 0 aliphatic rings. The van der Waals surface area contributed by atoms with Gasteiger partial charge in [-0.1, -0.05) is 18.2 Å². The molecule has 0 radical (unpaired) electrons. The highest BCUT2D eigenvalue weighted by atomic mass is 32.2. The molecule has 0 amide bonds. The zero-order valence-electron chi connectivity index (χ0n) is 11.7. The molecule has 0 saturated heterocycles. The third kappa shape index (κ3) is 4.21. The molecule has 1 aromatic rings. The first kappa shape index (κ1) is 16.5. The minimum atomic E-state index is -3.89. The Morgan fingerprint density at radius 2 is 1.95 bits per heavy atom. The second kappa shape index (κ2) is 6.71. The average Bonchev–Trinajstić information content (AvgIpc) is 2.37. The molecule has 2 unspecified atom stereocenters. The highest BCUT2D eigenvalue weighted by Gasteiger charge is 2.28. The van der Waals surface area contributed by atoms with Crippen LogP contribution in [0, 0.1) is 0 Å². The van der Waals surface area contributed by atoms with E-state index in [1.54, 1.807) is 20.1 Å². The molecule has 0 heterocycles. The number of ether oxygens (including phenoxy) is 1. The van der Waals surface area contributed by atoms with Gasteiger partial charge in [0.1, 0.15) is 5.75 Å². The molecule has 0 saturated carbocycles. The van der Waals surface area contributed by atoms with Gasteiger partial charge in [-0.25, -0.2) is 13.1 Å². The smallest absolute Gasteiger partial charge is 0.323 e. The van der Waals surface area contributed by atoms with Crippen molar-refractivity contribution in [1.29, 1.82) is 0 Å². The fraction of sp³-hybridized carbons (Fsp3) is 0.462. The number of nitrogens with one attached hydrogen (secondary N) is 1. The van der Waals surface area contributed by atoms with Crippen molar-refractivity contribution in [2.45, 2.75) is 31.6 Å². The summed E-state index contributed by atoms with van der Waals surface area (Å²) in [4.78, 5) is 10.7. The summed E-state index contributed by atoms with van der Waals surface area (Å²) in [6.07, 6.45) is 0.412. The van der Waals surface area contributed by atoms with Crippen LogP contribution in [0.4, 0.5) is 0 Å². The Morgan fingerprint density at radius 1 is 1.35 bits per heavy atom. The summed E-state index contributed by atoms with van der Waals surface area (Å²) in [6, 6.07) is 6.85. The topological polar surface area (TPSA) is 92.7 Å². The number of carboxylic acid groups (broad SMARTS) is 1. The van der Waals surface area contributed by atoms with Crippen LogP contribution in [0.25, 0.3) is 0 Å². The van der Waals surface area contributed by atoms with E-state index < -0.39 is 27.3 Å². The summed E-state index contributed by atoms with van der Waals surface area (Å²) in [5.41, 5.74) is 0.855. The number of hydrogen-bond acceptors (Lipinski definition) is 4. The Kier molecular flexibility index (Phi) is 5.52. The normalized spacial score (nSPS) is 14.6. The highest BCUT2D eigenvalue weighted by molar-refractivity contribution is 7.90. The van der Waals surface area contributed by atoms with Gasteiger partial charge >= 0.3 is 5.97 Å². The van der Waals surface area contributed by atoms with Gasteiger partial charge in [0, 0.05) is 6.04 Å². The quantitative estimate of drug-likeness (QED) is 0.784. The predicted molar refractivity (Wildman–Crippen MR) is 75.3 cm³/mol. The minimum Gasteiger partial charge on any atom is -0.496 e. The molecule has 1 aromatic carbocycles. The summed E-state index contributed by atoms with van der Waals surface area (Å²) < 4.78 is 31.2. The first-order valence-electron chi connectivity index (χ1n) is 6.13. The van der Waals surface area contributed by atoms with Crippen LogP contribution in [0.1, 0.15) is 19.4 Å².